The molecule has 6 nitrogen and oxygen atoms in total. The summed E-state index contributed by atoms with van der Waals surface area (Å²) in [5.41, 5.74) is 4.08. The molecule has 3 aliphatic heterocycles. The molecular formula is C21H19N3O3. The zero-order valence-corrected chi connectivity index (χ0v) is 14.7. The number of amides is 1. The number of aliphatic imine (C=N–C) groups is 1. The minimum absolute atomic E-state index is 0.00938. The van der Waals surface area contributed by atoms with Gasteiger partial charge in [0.05, 0.1) is 17.3 Å². The predicted octanol–water partition coefficient (Wildman–Crippen LogP) is 2.19. The number of carbonyl (C=O) groups excluding carboxylic acids is 2. The third-order valence-electron chi connectivity index (χ3n) is 5.31. The number of hydrogen-bond donors (Lipinski definition) is 2. The topological polar surface area (TPSA) is 79.8 Å². The van der Waals surface area contributed by atoms with E-state index in [0.29, 0.717) is 17.9 Å². The van der Waals surface area contributed by atoms with Crippen LogP contribution in [-0.2, 0) is 11.3 Å². The highest BCUT2D eigenvalue weighted by molar-refractivity contribution is 6.25. The van der Waals surface area contributed by atoms with Gasteiger partial charge < -0.3 is 15.4 Å². The molecule has 2 aromatic rings. The first kappa shape index (κ1) is 16.2. The Kier molecular flexibility index (Phi) is 3.79. The summed E-state index contributed by atoms with van der Waals surface area (Å²) in [5.74, 6) is 1.44. The Morgan fingerprint density at radius 2 is 2.15 bits per heavy atom. The molecule has 2 aromatic carbocycles. The van der Waals surface area contributed by atoms with Crippen molar-refractivity contribution in [2.24, 2.45) is 4.99 Å². The molecule has 2 N–H and O–H groups in total. The number of ether oxygens (including phenoxy) is 1. The SMILES string of the molecule is O=C1CN=C2c3cc(CNC(=O)C4CCCN4)ccc3Oc3cccc1c32. The number of nitrogens with zero attached hydrogens (tertiary/aromatic N) is 1. The molecule has 6 heteroatoms. The molecule has 1 amide bonds. The molecule has 0 bridgehead atoms. The Morgan fingerprint density at radius 3 is 3.00 bits per heavy atom. The largest absolute Gasteiger partial charge is 0.456 e. The van der Waals surface area contributed by atoms with Crippen LogP contribution >= 0.6 is 0 Å². The highest BCUT2D eigenvalue weighted by atomic mass is 16.5. The first-order valence-corrected chi connectivity index (χ1v) is 9.24. The molecule has 1 fully saturated rings. The van der Waals surface area contributed by atoms with Crippen LogP contribution in [0.4, 0.5) is 0 Å². The van der Waals surface area contributed by atoms with Crippen LogP contribution in [0.25, 0.3) is 0 Å². The maximum Gasteiger partial charge on any atom is 0.237 e. The van der Waals surface area contributed by atoms with Gasteiger partial charge in [-0.3, -0.25) is 14.6 Å². The summed E-state index contributed by atoms with van der Waals surface area (Å²) >= 11 is 0. The number of benzene rings is 2. The normalized spacial score (nSPS) is 19.6. The van der Waals surface area contributed by atoms with Crippen molar-refractivity contribution in [3.05, 3.63) is 58.7 Å². The molecule has 0 aliphatic carbocycles. The number of fused-ring (bicyclic) bond motifs is 2. The van der Waals surface area contributed by atoms with Gasteiger partial charge in [0.25, 0.3) is 0 Å². The Labute approximate surface area is 156 Å². The maximum absolute atomic E-state index is 12.2. The summed E-state index contributed by atoms with van der Waals surface area (Å²) in [7, 11) is 0. The van der Waals surface area contributed by atoms with Gasteiger partial charge in [-0.25, -0.2) is 0 Å². The van der Waals surface area contributed by atoms with Crippen LogP contribution < -0.4 is 15.4 Å². The Hall–Kier alpha value is -2.99. The fourth-order valence-electron chi connectivity index (χ4n) is 3.93. The zero-order valence-electron chi connectivity index (χ0n) is 14.7. The van der Waals surface area contributed by atoms with Crippen LogP contribution in [0.5, 0.6) is 11.5 Å². The van der Waals surface area contributed by atoms with Crippen molar-refractivity contribution >= 4 is 17.4 Å². The fraction of sp³-hybridized carbons (Fsp3) is 0.286. The lowest BCUT2D eigenvalue weighted by Gasteiger charge is -2.26. The van der Waals surface area contributed by atoms with E-state index in [2.05, 4.69) is 15.6 Å². The summed E-state index contributed by atoms with van der Waals surface area (Å²) in [6.07, 6.45) is 1.92. The molecular weight excluding hydrogens is 342 g/mol. The van der Waals surface area contributed by atoms with E-state index in [1.165, 1.54) is 0 Å². The van der Waals surface area contributed by atoms with Crippen molar-refractivity contribution in [2.75, 3.05) is 13.1 Å². The lowest BCUT2D eigenvalue weighted by atomic mass is 9.89. The highest BCUT2D eigenvalue weighted by Gasteiger charge is 2.31. The van der Waals surface area contributed by atoms with Gasteiger partial charge in [-0.15, -0.1) is 0 Å². The molecule has 0 spiro atoms. The molecule has 3 heterocycles. The van der Waals surface area contributed by atoms with E-state index in [9.17, 15) is 9.59 Å². The van der Waals surface area contributed by atoms with E-state index >= 15 is 0 Å². The second-order valence-electron chi connectivity index (χ2n) is 7.07. The van der Waals surface area contributed by atoms with Gasteiger partial charge in [0.1, 0.15) is 18.0 Å². The van der Waals surface area contributed by atoms with Crippen LogP contribution in [0.1, 0.15) is 39.9 Å². The third kappa shape index (κ3) is 2.73. The standard InChI is InChI=1S/C21H19N3O3/c25-16-11-23-20-14-9-12(10-24-21(26)15-4-2-8-22-15)6-7-17(14)27-18-5-1-3-13(16)19(18)20/h1,3,5-7,9,15,22H,2,4,8,10-11H2,(H,24,26). The molecule has 1 saturated heterocycles. The van der Waals surface area contributed by atoms with E-state index in [-0.39, 0.29) is 24.3 Å². The summed E-state index contributed by atoms with van der Waals surface area (Å²) in [4.78, 5) is 28.9. The molecule has 0 radical (unpaired) electrons. The first-order valence-electron chi connectivity index (χ1n) is 9.24. The molecule has 1 unspecified atom stereocenters. The predicted molar refractivity (Wildman–Crippen MR) is 101 cm³/mol. The van der Waals surface area contributed by atoms with Crippen molar-refractivity contribution in [3.8, 4) is 11.5 Å². The third-order valence-corrected chi connectivity index (χ3v) is 5.31. The molecule has 1 atom stereocenters. The summed E-state index contributed by atoms with van der Waals surface area (Å²) in [6.45, 7) is 1.50. The molecule has 3 aliphatic rings. The van der Waals surface area contributed by atoms with Gasteiger partial charge in [0.15, 0.2) is 5.78 Å². The Balaban J connectivity index is 1.43. The van der Waals surface area contributed by atoms with Crippen molar-refractivity contribution in [1.29, 1.82) is 0 Å². The average molecular weight is 361 g/mol. The van der Waals surface area contributed by atoms with E-state index < -0.39 is 0 Å². The van der Waals surface area contributed by atoms with Crippen molar-refractivity contribution < 1.29 is 14.3 Å². The van der Waals surface area contributed by atoms with Crippen LogP contribution in [-0.4, -0.2) is 36.5 Å². The van der Waals surface area contributed by atoms with Crippen LogP contribution in [0.3, 0.4) is 0 Å². The van der Waals surface area contributed by atoms with E-state index in [1.807, 2.05) is 36.4 Å². The van der Waals surface area contributed by atoms with Crippen LogP contribution in [0.15, 0.2) is 41.4 Å². The number of carbonyl (C=O) groups is 2. The Bertz CT molecular complexity index is 990. The van der Waals surface area contributed by atoms with Gasteiger partial charge in [0.2, 0.25) is 5.91 Å². The maximum atomic E-state index is 12.2. The van der Waals surface area contributed by atoms with E-state index in [0.717, 1.165) is 47.5 Å². The molecule has 0 aromatic heterocycles. The molecule has 27 heavy (non-hydrogen) atoms. The molecule has 136 valence electrons. The summed E-state index contributed by atoms with van der Waals surface area (Å²) in [6, 6.07) is 11.3. The number of nitrogens with one attached hydrogen (secondary N) is 2. The number of Topliss-reactive ketones (excluding diaryl/α,β-unsaturated/α-hetero) is 1. The van der Waals surface area contributed by atoms with Crippen molar-refractivity contribution in [2.45, 2.75) is 25.4 Å². The quantitative estimate of drug-likeness (QED) is 0.749. The number of hydrogen-bond acceptors (Lipinski definition) is 5. The monoisotopic (exact) mass is 361 g/mol. The van der Waals surface area contributed by atoms with E-state index in [1.54, 1.807) is 0 Å². The smallest absolute Gasteiger partial charge is 0.237 e. The number of rotatable bonds is 3. The van der Waals surface area contributed by atoms with Crippen LogP contribution in [0.2, 0.25) is 0 Å². The van der Waals surface area contributed by atoms with Gasteiger partial charge in [0, 0.05) is 17.7 Å². The lowest BCUT2D eigenvalue weighted by Crippen LogP contribution is -2.40. The van der Waals surface area contributed by atoms with Gasteiger partial charge in [-0.2, -0.15) is 0 Å². The number of ketones is 1. The van der Waals surface area contributed by atoms with Crippen molar-refractivity contribution in [1.82, 2.24) is 10.6 Å². The highest BCUT2D eigenvalue weighted by Crippen LogP contribution is 2.40. The van der Waals surface area contributed by atoms with E-state index in [4.69, 9.17) is 4.74 Å². The van der Waals surface area contributed by atoms with Gasteiger partial charge >= 0.3 is 0 Å². The zero-order chi connectivity index (χ0) is 18.4. The second-order valence-corrected chi connectivity index (χ2v) is 7.07. The van der Waals surface area contributed by atoms with Gasteiger partial charge in [-0.05, 0) is 43.1 Å². The average Bonchev–Trinajstić information content (AvgIpc) is 3.23. The van der Waals surface area contributed by atoms with Crippen molar-refractivity contribution in [3.63, 3.8) is 0 Å². The Morgan fingerprint density at radius 1 is 1.22 bits per heavy atom. The summed E-state index contributed by atoms with van der Waals surface area (Å²) < 4.78 is 6.00. The lowest BCUT2D eigenvalue weighted by molar-refractivity contribution is -0.122. The van der Waals surface area contributed by atoms with Crippen LogP contribution in [0, 0.1) is 0 Å². The van der Waals surface area contributed by atoms with Gasteiger partial charge in [-0.1, -0.05) is 18.2 Å². The minimum Gasteiger partial charge on any atom is -0.456 e. The molecule has 0 saturated carbocycles. The second kappa shape index (κ2) is 6.32. The molecule has 5 rings (SSSR count). The fourth-order valence-corrected chi connectivity index (χ4v) is 3.93. The summed E-state index contributed by atoms with van der Waals surface area (Å²) in [5, 5.41) is 6.20. The first-order chi connectivity index (χ1) is 13.2. The minimum atomic E-state index is -0.0888.